The minimum atomic E-state index is -0.0680. The number of H-pyrrole nitrogens is 1. The lowest BCUT2D eigenvalue weighted by Crippen LogP contribution is -2.40. The van der Waals surface area contributed by atoms with Crippen molar-refractivity contribution in [3.8, 4) is 11.1 Å². The van der Waals surface area contributed by atoms with Gasteiger partial charge in [-0.3, -0.25) is 9.59 Å². The van der Waals surface area contributed by atoms with Crippen molar-refractivity contribution in [2.24, 2.45) is 0 Å². The van der Waals surface area contributed by atoms with Crippen LogP contribution >= 0.6 is 0 Å². The lowest BCUT2D eigenvalue weighted by Gasteiger charge is -2.27. The summed E-state index contributed by atoms with van der Waals surface area (Å²) in [5.41, 5.74) is 4.45. The van der Waals surface area contributed by atoms with Gasteiger partial charge in [0.15, 0.2) is 0 Å². The van der Waals surface area contributed by atoms with Gasteiger partial charge in [0.1, 0.15) is 5.52 Å². The number of carbonyl (C=O) groups is 1. The van der Waals surface area contributed by atoms with Crippen LogP contribution in [-0.4, -0.2) is 56.2 Å². The van der Waals surface area contributed by atoms with Crippen LogP contribution in [0.5, 0.6) is 0 Å². The normalized spacial score (nSPS) is 14.3. The highest BCUT2D eigenvalue weighted by Gasteiger charge is 2.24. The first kappa shape index (κ1) is 21.2. The fourth-order valence-corrected chi connectivity index (χ4v) is 4.53. The Kier molecular flexibility index (Phi) is 5.60. The van der Waals surface area contributed by atoms with E-state index in [1.165, 1.54) is 0 Å². The van der Waals surface area contributed by atoms with E-state index in [-0.39, 0.29) is 11.5 Å². The molecule has 1 aliphatic rings. The van der Waals surface area contributed by atoms with Crippen LogP contribution in [0.4, 0.5) is 0 Å². The number of imidazole rings is 1. The molecule has 8 nitrogen and oxygen atoms in total. The van der Waals surface area contributed by atoms with E-state index >= 15 is 0 Å². The predicted molar refractivity (Wildman–Crippen MR) is 128 cm³/mol. The molecule has 0 atom stereocenters. The van der Waals surface area contributed by atoms with E-state index in [1.807, 2.05) is 40.8 Å². The molecule has 1 N–H and O–H groups in total. The van der Waals surface area contributed by atoms with Crippen molar-refractivity contribution < 1.29 is 9.53 Å². The number of aryl methyl sites for hydroxylation is 2. The van der Waals surface area contributed by atoms with Gasteiger partial charge in [-0.2, -0.15) is 0 Å². The Bertz CT molecular complexity index is 1400. The fourth-order valence-electron chi connectivity index (χ4n) is 4.53. The molecule has 1 saturated heterocycles. The van der Waals surface area contributed by atoms with E-state index in [2.05, 4.69) is 16.5 Å². The van der Waals surface area contributed by atoms with Crippen LogP contribution in [0, 0.1) is 0 Å². The van der Waals surface area contributed by atoms with Crippen molar-refractivity contribution in [3.63, 3.8) is 0 Å². The van der Waals surface area contributed by atoms with Gasteiger partial charge in [0, 0.05) is 49.5 Å². The Labute approximate surface area is 191 Å². The number of fused-ring (bicyclic) bond motifs is 2. The van der Waals surface area contributed by atoms with Crippen molar-refractivity contribution in [3.05, 3.63) is 65.5 Å². The highest BCUT2D eigenvalue weighted by Crippen LogP contribution is 2.32. The summed E-state index contributed by atoms with van der Waals surface area (Å²) in [5, 5.41) is 0.828. The number of pyridine rings is 1. The van der Waals surface area contributed by atoms with Gasteiger partial charge in [-0.15, -0.1) is 6.58 Å². The maximum atomic E-state index is 13.6. The molecule has 0 spiro atoms. The Morgan fingerprint density at radius 3 is 2.85 bits per heavy atom. The second-order valence-corrected chi connectivity index (χ2v) is 8.21. The van der Waals surface area contributed by atoms with Crippen molar-refractivity contribution in [1.29, 1.82) is 0 Å². The Morgan fingerprint density at radius 2 is 2.09 bits per heavy atom. The van der Waals surface area contributed by atoms with E-state index in [1.54, 1.807) is 23.2 Å². The molecule has 0 bridgehead atoms. The van der Waals surface area contributed by atoms with Gasteiger partial charge in [0.05, 0.1) is 36.1 Å². The molecule has 1 amide bonds. The third-order valence-corrected chi connectivity index (χ3v) is 6.26. The number of benzene rings is 1. The number of morpholine rings is 1. The molecule has 1 fully saturated rings. The fraction of sp³-hybridized carbons (Fsp3) is 0.320. The number of rotatable bonds is 6. The molecule has 0 aliphatic carbocycles. The molecule has 3 aromatic heterocycles. The summed E-state index contributed by atoms with van der Waals surface area (Å²) < 4.78 is 9.14. The van der Waals surface area contributed by atoms with E-state index in [0.717, 1.165) is 27.5 Å². The number of hydrogen-bond donors (Lipinski definition) is 1. The van der Waals surface area contributed by atoms with Gasteiger partial charge in [-0.05, 0) is 37.1 Å². The van der Waals surface area contributed by atoms with Gasteiger partial charge < -0.3 is 23.8 Å². The number of aromatic nitrogens is 4. The molecular formula is C25H27N5O3. The Morgan fingerprint density at radius 1 is 1.27 bits per heavy atom. The summed E-state index contributed by atoms with van der Waals surface area (Å²) in [6.07, 6.45) is 7.92. The quantitative estimate of drug-likeness (QED) is 0.461. The number of amides is 1. The van der Waals surface area contributed by atoms with Crippen LogP contribution in [0.25, 0.3) is 33.1 Å². The van der Waals surface area contributed by atoms with Crippen molar-refractivity contribution in [2.45, 2.75) is 26.4 Å². The van der Waals surface area contributed by atoms with Crippen molar-refractivity contribution >= 4 is 27.8 Å². The predicted octanol–water partition coefficient (Wildman–Crippen LogP) is 3.41. The minimum absolute atomic E-state index is 0.0226. The molecule has 8 heteroatoms. The van der Waals surface area contributed by atoms with E-state index in [9.17, 15) is 9.59 Å². The van der Waals surface area contributed by atoms with Gasteiger partial charge in [-0.1, -0.05) is 6.08 Å². The number of allylic oxidation sites excluding steroid dienone is 1. The number of nitrogens with one attached hydrogen (secondary N) is 1. The van der Waals surface area contributed by atoms with Crippen LogP contribution in [0.1, 0.15) is 23.7 Å². The molecule has 1 aliphatic heterocycles. The average Bonchev–Trinajstić information content (AvgIpc) is 3.51. The summed E-state index contributed by atoms with van der Waals surface area (Å²) in [6, 6.07) is 5.85. The number of aromatic amines is 1. The second kappa shape index (κ2) is 8.71. The maximum Gasteiger partial charge on any atom is 0.274 e. The number of carbonyl (C=O) groups excluding carboxylic acids is 1. The van der Waals surface area contributed by atoms with E-state index in [0.29, 0.717) is 56.9 Å². The minimum Gasteiger partial charge on any atom is -0.378 e. The molecule has 5 rings (SSSR count). The second-order valence-electron chi connectivity index (χ2n) is 8.21. The largest absolute Gasteiger partial charge is 0.378 e. The molecule has 0 unspecified atom stereocenters. The van der Waals surface area contributed by atoms with Crippen LogP contribution in [0.2, 0.25) is 0 Å². The smallest absolute Gasteiger partial charge is 0.274 e. The summed E-state index contributed by atoms with van der Waals surface area (Å²) in [6.45, 7) is 9.29. The third-order valence-electron chi connectivity index (χ3n) is 6.26. The molecule has 4 aromatic rings. The van der Waals surface area contributed by atoms with Gasteiger partial charge in [0.25, 0.3) is 11.5 Å². The first-order valence-electron chi connectivity index (χ1n) is 11.3. The van der Waals surface area contributed by atoms with Gasteiger partial charge in [-0.25, -0.2) is 4.98 Å². The Balaban J connectivity index is 1.73. The van der Waals surface area contributed by atoms with Crippen molar-refractivity contribution in [2.75, 3.05) is 26.3 Å². The molecule has 170 valence electrons. The molecular weight excluding hydrogens is 418 g/mol. The molecule has 1 aromatic carbocycles. The summed E-state index contributed by atoms with van der Waals surface area (Å²) in [4.78, 5) is 36.0. The van der Waals surface area contributed by atoms with Crippen LogP contribution in [0.3, 0.4) is 0 Å². The monoisotopic (exact) mass is 445 g/mol. The third kappa shape index (κ3) is 3.66. The molecule has 4 heterocycles. The van der Waals surface area contributed by atoms with E-state index < -0.39 is 0 Å². The van der Waals surface area contributed by atoms with Gasteiger partial charge in [0.2, 0.25) is 0 Å². The molecule has 33 heavy (non-hydrogen) atoms. The van der Waals surface area contributed by atoms with Crippen LogP contribution in [-0.2, 0) is 17.8 Å². The molecule has 0 radical (unpaired) electrons. The lowest BCUT2D eigenvalue weighted by atomic mass is 9.99. The zero-order valence-electron chi connectivity index (χ0n) is 18.7. The summed E-state index contributed by atoms with van der Waals surface area (Å²) in [5.74, 6) is -0.0226. The first-order chi connectivity index (χ1) is 16.1. The number of nitrogens with zero attached hydrogens (tertiary/aromatic N) is 4. The SMILES string of the molecule is C=CCCn1cc(-c2cc(C(=O)N3CCOCC3)c3c(c2)ncn3CC)c2cc[nH]c2c1=O. The van der Waals surface area contributed by atoms with Crippen molar-refractivity contribution in [1.82, 2.24) is 24.0 Å². The average molecular weight is 446 g/mol. The lowest BCUT2D eigenvalue weighted by molar-refractivity contribution is 0.0304. The zero-order valence-corrected chi connectivity index (χ0v) is 18.7. The highest BCUT2D eigenvalue weighted by atomic mass is 16.5. The highest BCUT2D eigenvalue weighted by molar-refractivity contribution is 6.08. The standard InChI is InChI=1S/C25H27N5O3/c1-3-5-8-30-15-20(18-6-7-26-22(18)25(30)32)17-13-19(24(31)29-9-11-33-12-10-29)23-21(14-17)27-16-28(23)4-2/h3,6-7,13-16,26H,1,4-5,8-12H2,2H3. The number of hydrogen-bond acceptors (Lipinski definition) is 4. The van der Waals surface area contributed by atoms with Crippen LogP contribution in [0.15, 0.2) is 54.4 Å². The summed E-state index contributed by atoms with van der Waals surface area (Å²) >= 11 is 0. The first-order valence-corrected chi connectivity index (χ1v) is 11.3. The number of ether oxygens (including phenoxy) is 1. The Hall–Kier alpha value is -3.65. The maximum absolute atomic E-state index is 13.6. The van der Waals surface area contributed by atoms with Gasteiger partial charge >= 0.3 is 0 Å². The summed E-state index contributed by atoms with van der Waals surface area (Å²) in [7, 11) is 0. The van der Waals surface area contributed by atoms with E-state index in [4.69, 9.17) is 4.74 Å². The topological polar surface area (TPSA) is 85.2 Å². The van der Waals surface area contributed by atoms with Crippen LogP contribution < -0.4 is 5.56 Å². The molecule has 0 saturated carbocycles. The zero-order chi connectivity index (χ0) is 22.9.